The van der Waals surface area contributed by atoms with Gasteiger partial charge in [-0.15, -0.1) is 0 Å². The van der Waals surface area contributed by atoms with Gasteiger partial charge >= 0.3 is 0 Å². The molecule has 0 bridgehead atoms. The van der Waals surface area contributed by atoms with Gasteiger partial charge in [0.2, 0.25) is 5.95 Å². The van der Waals surface area contributed by atoms with Gasteiger partial charge in [0, 0.05) is 31.1 Å². The quantitative estimate of drug-likeness (QED) is 0.920. The molecule has 2 heterocycles. The highest BCUT2D eigenvalue weighted by Gasteiger charge is 2.42. The highest BCUT2D eigenvalue weighted by Crippen LogP contribution is 2.49. The van der Waals surface area contributed by atoms with Gasteiger partial charge in [-0.05, 0) is 58.0 Å². The van der Waals surface area contributed by atoms with Crippen LogP contribution in [0.1, 0.15) is 62.6 Å². The molecule has 5 heteroatoms. The summed E-state index contributed by atoms with van der Waals surface area (Å²) in [6.45, 7) is 4.65. The van der Waals surface area contributed by atoms with Crippen molar-refractivity contribution >= 4 is 11.8 Å². The molecule has 0 aromatic carbocycles. The maximum Gasteiger partial charge on any atom is 0.222 e. The number of fused-ring (bicyclic) bond motifs is 2. The number of nitrogens with two attached hydrogens (primary N) is 1. The normalized spacial score (nSPS) is 22.9. The molecule has 1 aliphatic heterocycles. The van der Waals surface area contributed by atoms with Gasteiger partial charge in [0.05, 0.1) is 5.69 Å². The summed E-state index contributed by atoms with van der Waals surface area (Å²) >= 11 is 0. The average Bonchev–Trinajstić information content (AvgIpc) is 3.25. The Kier molecular flexibility index (Phi) is 4.37. The highest BCUT2D eigenvalue weighted by molar-refractivity contribution is 5.54. The molecular weight excluding hydrogens is 298 g/mol. The lowest BCUT2D eigenvalue weighted by molar-refractivity contribution is 0.344. The van der Waals surface area contributed by atoms with Crippen molar-refractivity contribution in [1.29, 1.82) is 0 Å². The lowest BCUT2D eigenvalue weighted by Gasteiger charge is -2.36. The summed E-state index contributed by atoms with van der Waals surface area (Å²) in [5.74, 6) is 1.56. The molecule has 0 atom stereocenters. The van der Waals surface area contributed by atoms with Crippen molar-refractivity contribution in [3.05, 3.63) is 11.3 Å². The number of likely N-dealkylation sites (N-methyl/N-ethyl adjacent to an activating group) is 1. The lowest BCUT2D eigenvalue weighted by Crippen LogP contribution is -2.35. The van der Waals surface area contributed by atoms with Crippen molar-refractivity contribution in [2.75, 3.05) is 43.9 Å². The lowest BCUT2D eigenvalue weighted by atomic mass is 9.71. The van der Waals surface area contributed by atoms with E-state index in [1.165, 1.54) is 75.7 Å². The second-order valence-electron chi connectivity index (χ2n) is 8.04. The van der Waals surface area contributed by atoms with Crippen LogP contribution in [0.5, 0.6) is 0 Å². The van der Waals surface area contributed by atoms with Gasteiger partial charge in [0.15, 0.2) is 0 Å². The number of anilines is 2. The summed E-state index contributed by atoms with van der Waals surface area (Å²) in [5, 5.41) is 0. The first-order valence-corrected chi connectivity index (χ1v) is 9.78. The van der Waals surface area contributed by atoms with Crippen LogP contribution < -0.4 is 10.6 Å². The zero-order chi connectivity index (χ0) is 16.6. The molecule has 4 rings (SSSR count). The van der Waals surface area contributed by atoms with Crippen molar-refractivity contribution in [3.63, 3.8) is 0 Å². The van der Waals surface area contributed by atoms with Crippen LogP contribution in [0, 0.1) is 0 Å². The van der Waals surface area contributed by atoms with Gasteiger partial charge < -0.3 is 15.5 Å². The summed E-state index contributed by atoms with van der Waals surface area (Å²) in [6, 6.07) is 0. The molecule has 0 radical (unpaired) electrons. The zero-order valence-corrected chi connectivity index (χ0v) is 15.1. The number of hydrogen-bond acceptors (Lipinski definition) is 5. The van der Waals surface area contributed by atoms with Crippen molar-refractivity contribution in [2.45, 2.75) is 63.2 Å². The molecule has 1 saturated heterocycles. The Bertz CT molecular complexity index is 588. The fraction of sp³-hybridized carbons (Fsp3) is 0.789. The van der Waals surface area contributed by atoms with E-state index in [1.807, 2.05) is 0 Å². The fourth-order valence-electron chi connectivity index (χ4n) is 5.14. The smallest absolute Gasteiger partial charge is 0.222 e. The van der Waals surface area contributed by atoms with Gasteiger partial charge in [-0.3, -0.25) is 0 Å². The van der Waals surface area contributed by atoms with E-state index in [2.05, 4.69) is 21.8 Å². The Morgan fingerprint density at radius 3 is 2.50 bits per heavy atom. The third kappa shape index (κ3) is 2.87. The standard InChI is InChI=1S/C19H31N5/c1-23(13-14-24-11-4-5-12-24)17-15-7-6-10-19(8-2-3-9-19)16(15)21-18(20)22-17/h2-14H2,1H3,(H2,20,21,22). The molecule has 24 heavy (non-hydrogen) atoms. The van der Waals surface area contributed by atoms with Crippen molar-refractivity contribution in [3.8, 4) is 0 Å². The van der Waals surface area contributed by atoms with Gasteiger partial charge in [-0.2, -0.15) is 4.98 Å². The third-order valence-corrected chi connectivity index (χ3v) is 6.46. The minimum absolute atomic E-state index is 0.301. The predicted molar refractivity (Wildman–Crippen MR) is 98.5 cm³/mol. The molecule has 3 aliphatic rings. The summed E-state index contributed by atoms with van der Waals surface area (Å²) in [7, 11) is 2.17. The molecule has 2 N–H and O–H groups in total. The zero-order valence-electron chi connectivity index (χ0n) is 15.1. The number of aromatic nitrogens is 2. The van der Waals surface area contributed by atoms with E-state index >= 15 is 0 Å². The van der Waals surface area contributed by atoms with Crippen LogP contribution in [-0.4, -0.2) is 48.1 Å². The third-order valence-electron chi connectivity index (χ3n) is 6.46. The van der Waals surface area contributed by atoms with Crippen LogP contribution >= 0.6 is 0 Å². The maximum absolute atomic E-state index is 6.13. The first-order chi connectivity index (χ1) is 11.7. The molecule has 0 unspecified atom stereocenters. The van der Waals surface area contributed by atoms with Crippen molar-refractivity contribution in [1.82, 2.24) is 14.9 Å². The summed E-state index contributed by atoms with van der Waals surface area (Å²) < 4.78 is 0. The van der Waals surface area contributed by atoms with E-state index in [0.29, 0.717) is 11.4 Å². The molecule has 2 fully saturated rings. The Hall–Kier alpha value is -1.36. The number of likely N-dealkylation sites (tertiary alicyclic amines) is 1. The van der Waals surface area contributed by atoms with E-state index in [0.717, 1.165) is 25.3 Å². The Balaban J connectivity index is 1.60. The van der Waals surface area contributed by atoms with Crippen LogP contribution in [-0.2, 0) is 11.8 Å². The molecule has 2 aliphatic carbocycles. The minimum Gasteiger partial charge on any atom is -0.368 e. The molecule has 1 spiro atoms. The molecule has 5 nitrogen and oxygen atoms in total. The minimum atomic E-state index is 0.301. The second kappa shape index (κ2) is 6.51. The van der Waals surface area contributed by atoms with Crippen LogP contribution in [0.3, 0.4) is 0 Å². The van der Waals surface area contributed by atoms with E-state index < -0.39 is 0 Å². The van der Waals surface area contributed by atoms with Crippen LogP contribution in [0.4, 0.5) is 11.8 Å². The van der Waals surface area contributed by atoms with Crippen LogP contribution in [0.2, 0.25) is 0 Å². The molecule has 132 valence electrons. The number of rotatable bonds is 4. The van der Waals surface area contributed by atoms with Crippen molar-refractivity contribution in [2.24, 2.45) is 0 Å². The fourth-order valence-corrected chi connectivity index (χ4v) is 5.14. The monoisotopic (exact) mass is 329 g/mol. The SMILES string of the molecule is CN(CCN1CCCC1)c1nc(N)nc2c1CCCC21CCCC1. The largest absolute Gasteiger partial charge is 0.368 e. The Morgan fingerprint density at radius 1 is 1.04 bits per heavy atom. The number of nitrogens with zero attached hydrogens (tertiary/aromatic N) is 4. The summed E-state index contributed by atoms with van der Waals surface area (Å²) in [4.78, 5) is 14.3. The molecule has 1 aromatic heterocycles. The van der Waals surface area contributed by atoms with Gasteiger partial charge in [0.25, 0.3) is 0 Å². The Morgan fingerprint density at radius 2 is 1.75 bits per heavy atom. The van der Waals surface area contributed by atoms with Gasteiger partial charge in [-0.1, -0.05) is 12.8 Å². The first-order valence-electron chi connectivity index (χ1n) is 9.78. The molecule has 0 amide bonds. The van der Waals surface area contributed by atoms with E-state index in [-0.39, 0.29) is 0 Å². The molecule has 1 saturated carbocycles. The second-order valence-corrected chi connectivity index (χ2v) is 8.04. The highest BCUT2D eigenvalue weighted by atomic mass is 15.2. The Labute approximate surface area is 145 Å². The molecular formula is C19H31N5. The van der Waals surface area contributed by atoms with E-state index in [4.69, 9.17) is 10.7 Å². The first kappa shape index (κ1) is 16.1. The number of nitrogen functional groups attached to an aromatic ring is 1. The number of hydrogen-bond donors (Lipinski definition) is 1. The topological polar surface area (TPSA) is 58.3 Å². The molecule has 1 aromatic rings. The van der Waals surface area contributed by atoms with E-state index in [9.17, 15) is 0 Å². The summed E-state index contributed by atoms with van der Waals surface area (Å²) in [5.41, 5.74) is 9.11. The van der Waals surface area contributed by atoms with Crippen molar-refractivity contribution < 1.29 is 0 Å². The van der Waals surface area contributed by atoms with Crippen LogP contribution in [0.25, 0.3) is 0 Å². The maximum atomic E-state index is 6.13. The van der Waals surface area contributed by atoms with Gasteiger partial charge in [-0.25, -0.2) is 4.98 Å². The van der Waals surface area contributed by atoms with E-state index in [1.54, 1.807) is 0 Å². The van der Waals surface area contributed by atoms with Gasteiger partial charge in [0.1, 0.15) is 5.82 Å². The van der Waals surface area contributed by atoms with Crippen LogP contribution in [0.15, 0.2) is 0 Å². The predicted octanol–water partition coefficient (Wildman–Crippen LogP) is 2.74. The summed E-state index contributed by atoms with van der Waals surface area (Å²) in [6.07, 6.45) is 11.6. The average molecular weight is 329 g/mol.